The predicted octanol–water partition coefficient (Wildman–Crippen LogP) is 12.5. The van der Waals surface area contributed by atoms with Crippen molar-refractivity contribution in [1.29, 1.82) is 0 Å². The van der Waals surface area contributed by atoms with E-state index in [1.807, 2.05) is 6.08 Å². The molecule has 0 aromatic heterocycles. The maximum atomic E-state index is 12.6. The molecule has 0 radical (unpaired) electrons. The molecule has 0 bridgehead atoms. The lowest BCUT2D eigenvalue weighted by molar-refractivity contribution is -0.161. The fourth-order valence-electron chi connectivity index (χ4n) is 6.16. The van der Waals surface area contributed by atoms with E-state index in [0.717, 1.165) is 44.9 Å². The molecule has 0 saturated carbocycles. The van der Waals surface area contributed by atoms with Gasteiger partial charge in [0.2, 0.25) is 0 Å². The molecule has 0 amide bonds. The van der Waals surface area contributed by atoms with Gasteiger partial charge in [-0.3, -0.25) is 18.6 Å². The molecular weight excluding hydrogens is 755 g/mol. The summed E-state index contributed by atoms with van der Waals surface area (Å²) in [6.07, 6.45) is 46.5. The molecule has 0 saturated heterocycles. The number of esters is 2. The standard InChI is InChI=1S/C47H85O10P/c1-3-5-7-9-11-13-15-17-19-21-23-25-27-29-31-33-35-37-39-47(51)57-45(43-56-58(52,53)55-41-44(49)40-48)42-54-46(50)38-36-34-32-30-28-26-24-22-20-18-16-14-12-10-8-6-4-2/h12,14,18,20,24,26,30,32,44-45,48-49H,3-11,13,15-17,19,21-23,25,27-29,31,33-43H2,1-2H3,(H,52,53)/b14-12-,20-18-,26-24-,32-30-/t44-,45+/m0/s1. The minimum Gasteiger partial charge on any atom is -0.462 e. The summed E-state index contributed by atoms with van der Waals surface area (Å²) in [5, 5.41) is 18.4. The Morgan fingerprint density at radius 2 is 0.914 bits per heavy atom. The third-order valence-electron chi connectivity index (χ3n) is 9.74. The lowest BCUT2D eigenvalue weighted by Gasteiger charge is -2.20. The number of allylic oxidation sites excluding steroid dienone is 8. The van der Waals surface area contributed by atoms with E-state index < -0.39 is 51.8 Å². The Kier molecular flexibility index (Phi) is 41.5. The largest absolute Gasteiger partial charge is 0.472 e. The number of hydrogen-bond acceptors (Lipinski definition) is 9. The van der Waals surface area contributed by atoms with Gasteiger partial charge in [0.05, 0.1) is 19.8 Å². The number of phosphoric ester groups is 1. The van der Waals surface area contributed by atoms with Crippen molar-refractivity contribution in [2.45, 2.75) is 212 Å². The van der Waals surface area contributed by atoms with Crippen LogP contribution in [0.15, 0.2) is 48.6 Å². The van der Waals surface area contributed by atoms with Crippen molar-refractivity contribution in [2.75, 3.05) is 26.4 Å². The molecule has 0 aliphatic rings. The highest BCUT2D eigenvalue weighted by molar-refractivity contribution is 7.47. The number of unbranched alkanes of at least 4 members (excludes halogenated alkanes) is 21. The van der Waals surface area contributed by atoms with Crippen LogP contribution in [-0.2, 0) is 32.7 Å². The average molecular weight is 841 g/mol. The van der Waals surface area contributed by atoms with Gasteiger partial charge in [-0.25, -0.2) is 4.57 Å². The molecule has 10 nitrogen and oxygen atoms in total. The molecule has 0 fully saturated rings. The van der Waals surface area contributed by atoms with E-state index in [-0.39, 0.29) is 19.4 Å². The summed E-state index contributed by atoms with van der Waals surface area (Å²) in [5.74, 6) is -0.985. The van der Waals surface area contributed by atoms with Crippen LogP contribution in [0.3, 0.4) is 0 Å². The highest BCUT2D eigenvalue weighted by Gasteiger charge is 2.27. The second kappa shape index (κ2) is 43.0. The minimum absolute atomic E-state index is 0.166. The molecule has 0 aliphatic heterocycles. The molecule has 0 aromatic carbocycles. The highest BCUT2D eigenvalue weighted by atomic mass is 31.2. The van der Waals surface area contributed by atoms with Gasteiger partial charge in [-0.05, 0) is 51.4 Å². The number of carbonyl (C=O) groups is 2. The predicted molar refractivity (Wildman–Crippen MR) is 237 cm³/mol. The average Bonchev–Trinajstić information content (AvgIpc) is 3.21. The Labute approximate surface area is 353 Å². The smallest absolute Gasteiger partial charge is 0.462 e. The van der Waals surface area contributed by atoms with Gasteiger partial charge in [-0.15, -0.1) is 0 Å². The molecule has 58 heavy (non-hydrogen) atoms. The third kappa shape index (κ3) is 42.1. The van der Waals surface area contributed by atoms with E-state index in [2.05, 4.69) is 56.4 Å². The van der Waals surface area contributed by atoms with Gasteiger partial charge in [0.25, 0.3) is 0 Å². The van der Waals surface area contributed by atoms with Gasteiger partial charge in [-0.2, -0.15) is 0 Å². The number of ether oxygens (including phenoxy) is 2. The third-order valence-corrected chi connectivity index (χ3v) is 10.7. The van der Waals surface area contributed by atoms with E-state index in [4.69, 9.17) is 23.6 Å². The first-order valence-corrected chi connectivity index (χ1v) is 24.6. The second-order valence-corrected chi connectivity index (χ2v) is 16.9. The maximum absolute atomic E-state index is 12.6. The number of aliphatic hydroxyl groups is 2. The Bertz CT molecular complexity index is 1110. The van der Waals surface area contributed by atoms with Crippen LogP contribution < -0.4 is 0 Å². The summed E-state index contributed by atoms with van der Waals surface area (Å²) in [5.41, 5.74) is 0. The molecule has 0 heterocycles. The first kappa shape index (κ1) is 55.9. The summed E-state index contributed by atoms with van der Waals surface area (Å²) in [6.45, 7) is 2.31. The van der Waals surface area contributed by atoms with Crippen LogP contribution >= 0.6 is 7.82 Å². The first-order chi connectivity index (χ1) is 28.2. The SMILES string of the molecule is CCCCC/C=C\C/C=C\C/C=C\C/C=C\CCCC(=O)OC[C@H](COP(=O)(O)OC[C@@H](O)CO)OC(=O)CCCCCCCCCCCCCCCCCCCC. The number of hydrogen-bond donors (Lipinski definition) is 3. The molecule has 1 unspecified atom stereocenters. The van der Waals surface area contributed by atoms with Gasteiger partial charge in [0.15, 0.2) is 6.10 Å². The summed E-state index contributed by atoms with van der Waals surface area (Å²) >= 11 is 0. The minimum atomic E-state index is -4.63. The zero-order valence-electron chi connectivity index (χ0n) is 36.8. The topological polar surface area (TPSA) is 149 Å². The number of carbonyl (C=O) groups excluding carboxylic acids is 2. The Balaban J connectivity index is 4.33. The van der Waals surface area contributed by atoms with Crippen LogP contribution in [0.5, 0.6) is 0 Å². The number of aliphatic hydroxyl groups excluding tert-OH is 2. The van der Waals surface area contributed by atoms with Crippen molar-refractivity contribution >= 4 is 19.8 Å². The van der Waals surface area contributed by atoms with Crippen molar-refractivity contribution in [2.24, 2.45) is 0 Å². The lowest BCUT2D eigenvalue weighted by Crippen LogP contribution is -2.29. The molecule has 0 rings (SSSR count). The van der Waals surface area contributed by atoms with Gasteiger partial charge in [0, 0.05) is 12.8 Å². The van der Waals surface area contributed by atoms with Crippen molar-refractivity contribution in [3.63, 3.8) is 0 Å². The Morgan fingerprint density at radius 1 is 0.517 bits per heavy atom. The summed E-state index contributed by atoms with van der Waals surface area (Å²) in [7, 11) is -4.63. The van der Waals surface area contributed by atoms with Crippen molar-refractivity contribution in [3.05, 3.63) is 48.6 Å². The number of rotatable bonds is 43. The van der Waals surface area contributed by atoms with E-state index in [1.54, 1.807) is 0 Å². The van der Waals surface area contributed by atoms with Crippen LogP contribution in [0.2, 0.25) is 0 Å². The molecule has 3 atom stereocenters. The fourth-order valence-corrected chi connectivity index (χ4v) is 6.95. The summed E-state index contributed by atoms with van der Waals surface area (Å²) in [4.78, 5) is 35.0. The molecule has 0 spiro atoms. The molecule has 11 heteroatoms. The summed E-state index contributed by atoms with van der Waals surface area (Å²) in [6, 6.07) is 0. The highest BCUT2D eigenvalue weighted by Crippen LogP contribution is 2.43. The Morgan fingerprint density at radius 3 is 1.40 bits per heavy atom. The van der Waals surface area contributed by atoms with Gasteiger partial charge in [0.1, 0.15) is 12.7 Å². The molecular formula is C47H85O10P. The van der Waals surface area contributed by atoms with E-state index >= 15 is 0 Å². The fraction of sp³-hybridized carbons (Fsp3) is 0.787. The van der Waals surface area contributed by atoms with Crippen LogP contribution in [0.25, 0.3) is 0 Å². The van der Waals surface area contributed by atoms with Crippen molar-refractivity contribution in [3.8, 4) is 0 Å². The molecule has 3 N–H and O–H groups in total. The zero-order valence-corrected chi connectivity index (χ0v) is 37.6. The number of phosphoric acid groups is 1. The van der Waals surface area contributed by atoms with Crippen LogP contribution in [0, 0.1) is 0 Å². The molecule has 338 valence electrons. The molecule has 0 aliphatic carbocycles. The Hall–Kier alpha value is -2.07. The van der Waals surface area contributed by atoms with Gasteiger partial charge < -0.3 is 24.6 Å². The van der Waals surface area contributed by atoms with E-state index in [9.17, 15) is 24.2 Å². The quantitative estimate of drug-likeness (QED) is 0.0234. The van der Waals surface area contributed by atoms with E-state index in [1.165, 1.54) is 109 Å². The van der Waals surface area contributed by atoms with Crippen molar-refractivity contribution in [1.82, 2.24) is 0 Å². The van der Waals surface area contributed by atoms with Crippen molar-refractivity contribution < 1.29 is 47.8 Å². The van der Waals surface area contributed by atoms with E-state index in [0.29, 0.717) is 19.3 Å². The summed E-state index contributed by atoms with van der Waals surface area (Å²) < 4.78 is 32.7. The van der Waals surface area contributed by atoms with Gasteiger partial charge in [-0.1, -0.05) is 184 Å². The van der Waals surface area contributed by atoms with Crippen LogP contribution in [-0.4, -0.2) is 65.7 Å². The molecule has 0 aromatic rings. The monoisotopic (exact) mass is 841 g/mol. The second-order valence-electron chi connectivity index (χ2n) is 15.4. The maximum Gasteiger partial charge on any atom is 0.472 e. The van der Waals surface area contributed by atoms with Crippen LogP contribution in [0.1, 0.15) is 200 Å². The van der Waals surface area contributed by atoms with Gasteiger partial charge >= 0.3 is 19.8 Å². The normalized spacial score (nSPS) is 14.2. The van der Waals surface area contributed by atoms with Crippen LogP contribution in [0.4, 0.5) is 0 Å². The first-order valence-electron chi connectivity index (χ1n) is 23.1. The lowest BCUT2D eigenvalue weighted by atomic mass is 10.0. The zero-order chi connectivity index (χ0) is 42.6.